The number of hydrogen-bond donors (Lipinski definition) is 1. The van der Waals surface area contributed by atoms with Crippen LogP contribution in [0.25, 0.3) is 0 Å². The molecule has 2 nitrogen and oxygen atoms in total. The minimum Gasteiger partial charge on any atom is -0.481 e. The predicted molar refractivity (Wildman–Crippen MR) is 112 cm³/mol. The third kappa shape index (κ3) is 8.38. The zero-order chi connectivity index (χ0) is 32.8. The van der Waals surface area contributed by atoms with E-state index >= 15 is 0 Å². The molecule has 0 saturated carbocycles. The van der Waals surface area contributed by atoms with Gasteiger partial charge in [-0.25, -0.2) is 0 Å². The Morgan fingerprint density at radius 2 is 0.805 bits per heavy atom. The molecule has 0 spiro atoms. The van der Waals surface area contributed by atoms with Gasteiger partial charge in [0.05, 0.1) is 0 Å². The van der Waals surface area contributed by atoms with Crippen LogP contribution >= 0.6 is 11.8 Å². The molecular weight excluding hydrogens is 639 g/mol. The van der Waals surface area contributed by atoms with Crippen molar-refractivity contribution in [2.24, 2.45) is 0 Å². The summed E-state index contributed by atoms with van der Waals surface area (Å²) in [5.74, 6) is -58.1. The number of unbranched alkanes of at least 4 members (excludes halogenated alkanes) is 7. The van der Waals surface area contributed by atoms with E-state index in [9.17, 15) is 79.4 Å². The lowest BCUT2D eigenvalue weighted by molar-refractivity contribution is -0.461. The number of rotatable bonds is 20. The van der Waals surface area contributed by atoms with Crippen LogP contribution in [-0.2, 0) is 4.79 Å². The molecule has 0 radical (unpaired) electrons. The monoisotopic (exact) mass is 664 g/mol. The first-order valence-corrected chi connectivity index (χ1v) is 12.8. The van der Waals surface area contributed by atoms with E-state index in [2.05, 4.69) is 0 Å². The van der Waals surface area contributed by atoms with Gasteiger partial charge in [0.1, 0.15) is 0 Å². The average molecular weight is 664 g/mol. The first kappa shape index (κ1) is 39.6. The smallest absolute Gasteiger partial charge is 0.460 e. The molecule has 0 rings (SSSR count). The summed E-state index contributed by atoms with van der Waals surface area (Å²) in [4.78, 5) is 10.3. The second kappa shape index (κ2) is 13.9. The molecule has 0 atom stereocenters. The van der Waals surface area contributed by atoms with Gasteiger partial charge in [0.2, 0.25) is 0 Å². The molecule has 0 fully saturated rings. The molecule has 0 aromatic heterocycles. The van der Waals surface area contributed by atoms with Crippen LogP contribution in [0.2, 0.25) is 0 Å². The Labute approximate surface area is 226 Å². The summed E-state index contributed by atoms with van der Waals surface area (Å²) in [7, 11) is 0. The molecule has 41 heavy (non-hydrogen) atoms. The first-order chi connectivity index (χ1) is 18.2. The van der Waals surface area contributed by atoms with Gasteiger partial charge in [0, 0.05) is 12.8 Å². The molecule has 0 aliphatic heterocycles. The molecule has 0 aromatic carbocycles. The zero-order valence-electron chi connectivity index (χ0n) is 20.7. The van der Waals surface area contributed by atoms with E-state index < -0.39 is 65.8 Å². The van der Waals surface area contributed by atoms with Gasteiger partial charge in [-0.05, 0) is 24.3 Å². The van der Waals surface area contributed by atoms with Crippen molar-refractivity contribution in [1.29, 1.82) is 0 Å². The number of aliphatic carboxylic acids is 1. The van der Waals surface area contributed by atoms with Gasteiger partial charge in [-0.2, -0.15) is 86.4 Å². The van der Waals surface area contributed by atoms with Crippen molar-refractivity contribution >= 4 is 17.7 Å². The Kier molecular flexibility index (Phi) is 13.5. The number of halogens is 17. The molecule has 0 aliphatic carbocycles. The van der Waals surface area contributed by atoms with E-state index in [1.165, 1.54) is 0 Å². The average Bonchev–Trinajstić information content (AvgIpc) is 2.80. The number of carboxylic acids is 1. The predicted octanol–water partition coefficient (Wildman–Crippen LogP) is 9.71. The van der Waals surface area contributed by atoms with Crippen molar-refractivity contribution in [2.75, 3.05) is 11.5 Å². The van der Waals surface area contributed by atoms with E-state index in [4.69, 9.17) is 5.11 Å². The first-order valence-electron chi connectivity index (χ1n) is 11.7. The van der Waals surface area contributed by atoms with E-state index in [-0.39, 0.29) is 18.6 Å². The van der Waals surface area contributed by atoms with E-state index in [0.717, 1.165) is 12.8 Å². The summed E-state index contributed by atoms with van der Waals surface area (Å²) < 4.78 is 225. The number of hydrogen-bond acceptors (Lipinski definition) is 2. The fraction of sp³-hybridized carbons (Fsp3) is 0.952. The van der Waals surface area contributed by atoms with Crippen LogP contribution < -0.4 is 0 Å². The zero-order valence-corrected chi connectivity index (χ0v) is 21.5. The summed E-state index contributed by atoms with van der Waals surface area (Å²) in [5, 5.41) is 8.48. The van der Waals surface area contributed by atoms with Gasteiger partial charge in [-0.3, -0.25) is 4.79 Å². The normalized spacial score (nSPS) is 15.0. The van der Waals surface area contributed by atoms with Crippen molar-refractivity contribution < 1.29 is 84.5 Å². The summed E-state index contributed by atoms with van der Waals surface area (Å²) in [6.45, 7) is 0. The lowest BCUT2D eigenvalue weighted by atomic mass is 9.88. The highest BCUT2D eigenvalue weighted by atomic mass is 32.2. The van der Waals surface area contributed by atoms with Crippen molar-refractivity contribution in [3.05, 3.63) is 0 Å². The minimum atomic E-state index is -8.60. The standard InChI is InChI=1S/C21H25F17O2S/c22-14(23,10-12-41-11-8-6-4-2-1-3-5-7-9-13(39)40)15(24,25)16(26,27)17(28,29)18(30,31)19(32,33)20(34,35)21(36,37)38/h1-12H2,(H,39,40). The maximum absolute atomic E-state index is 13.8. The van der Waals surface area contributed by atoms with Crippen molar-refractivity contribution in [3.8, 4) is 0 Å². The Balaban J connectivity index is 5.15. The maximum Gasteiger partial charge on any atom is 0.460 e. The van der Waals surface area contributed by atoms with Crippen LogP contribution in [0.15, 0.2) is 0 Å². The minimum absolute atomic E-state index is 0.0194. The quantitative estimate of drug-likeness (QED) is 0.104. The Bertz CT molecular complexity index is 827. The lowest BCUT2D eigenvalue weighted by Crippen LogP contribution is -2.74. The highest BCUT2D eigenvalue weighted by molar-refractivity contribution is 7.99. The number of carbonyl (C=O) groups is 1. The van der Waals surface area contributed by atoms with Gasteiger partial charge >= 0.3 is 53.6 Å². The van der Waals surface area contributed by atoms with Crippen molar-refractivity contribution in [1.82, 2.24) is 0 Å². The van der Waals surface area contributed by atoms with Crippen molar-refractivity contribution in [2.45, 2.75) is 112 Å². The summed E-state index contributed by atoms with van der Waals surface area (Å²) in [6.07, 6.45) is -5.45. The molecule has 0 saturated heterocycles. The SMILES string of the molecule is O=C(O)CCCCCCCCCCSCCC(F)(F)C(F)(F)C(F)(F)C(F)(F)C(F)(F)C(F)(F)C(F)(F)C(F)(F)F. The number of thioether (sulfide) groups is 1. The van der Waals surface area contributed by atoms with E-state index in [0.29, 0.717) is 43.9 Å². The van der Waals surface area contributed by atoms with Crippen LogP contribution in [0.1, 0.15) is 64.2 Å². The van der Waals surface area contributed by atoms with Crippen LogP contribution in [0, 0.1) is 0 Å². The van der Waals surface area contributed by atoms with Gasteiger partial charge in [0.25, 0.3) is 0 Å². The summed E-state index contributed by atoms with van der Waals surface area (Å²) in [6, 6.07) is 0. The van der Waals surface area contributed by atoms with Gasteiger partial charge < -0.3 is 5.11 Å². The number of carboxylic acid groups (broad SMARTS) is 1. The second-order valence-electron chi connectivity index (χ2n) is 8.98. The molecule has 0 aliphatic rings. The Hall–Kier alpha value is -1.37. The molecule has 246 valence electrons. The molecule has 0 amide bonds. The molecule has 1 N–H and O–H groups in total. The van der Waals surface area contributed by atoms with Crippen molar-refractivity contribution in [3.63, 3.8) is 0 Å². The maximum atomic E-state index is 13.8. The largest absolute Gasteiger partial charge is 0.481 e. The fourth-order valence-corrected chi connectivity index (χ4v) is 4.21. The Morgan fingerprint density at radius 3 is 1.20 bits per heavy atom. The van der Waals surface area contributed by atoms with E-state index in [1.54, 1.807) is 0 Å². The highest BCUT2D eigenvalue weighted by Gasteiger charge is 2.95. The molecular formula is C21H25F17O2S. The highest BCUT2D eigenvalue weighted by Crippen LogP contribution is 2.64. The molecule has 0 unspecified atom stereocenters. The molecule has 0 bridgehead atoms. The molecule has 0 aromatic rings. The fourth-order valence-electron chi connectivity index (χ4n) is 3.20. The topological polar surface area (TPSA) is 37.3 Å². The summed E-state index contributed by atoms with van der Waals surface area (Å²) >= 11 is 0.414. The number of alkyl halides is 17. The Morgan fingerprint density at radius 1 is 0.463 bits per heavy atom. The molecule has 0 heterocycles. The van der Waals surface area contributed by atoms with Crippen LogP contribution in [-0.4, -0.2) is 70.2 Å². The second-order valence-corrected chi connectivity index (χ2v) is 10.2. The van der Waals surface area contributed by atoms with E-state index in [1.807, 2.05) is 0 Å². The lowest BCUT2D eigenvalue weighted by Gasteiger charge is -2.42. The molecule has 20 heteroatoms. The van der Waals surface area contributed by atoms with Crippen LogP contribution in [0.4, 0.5) is 74.6 Å². The van der Waals surface area contributed by atoms with Gasteiger partial charge in [-0.1, -0.05) is 38.5 Å². The third-order valence-corrected chi connectivity index (χ3v) is 6.85. The van der Waals surface area contributed by atoms with Crippen LogP contribution in [0.3, 0.4) is 0 Å². The summed E-state index contributed by atoms with van der Waals surface area (Å²) in [5.41, 5.74) is 0. The van der Waals surface area contributed by atoms with Crippen LogP contribution in [0.5, 0.6) is 0 Å². The van der Waals surface area contributed by atoms with Gasteiger partial charge in [0.15, 0.2) is 0 Å². The van der Waals surface area contributed by atoms with Gasteiger partial charge in [-0.15, -0.1) is 0 Å². The third-order valence-electron chi connectivity index (χ3n) is 5.78.